The maximum atomic E-state index is 5.48. The Morgan fingerprint density at radius 1 is 1.27 bits per heavy atom. The number of fused-ring (bicyclic) bond motifs is 1. The zero-order valence-corrected chi connectivity index (χ0v) is 8.61. The van der Waals surface area contributed by atoms with Crippen molar-refractivity contribution in [2.24, 2.45) is 5.73 Å². The molecule has 1 radical (unpaired) electrons. The second-order valence-electron chi connectivity index (χ2n) is 3.58. The third kappa shape index (κ3) is 2.30. The van der Waals surface area contributed by atoms with Gasteiger partial charge in [-0.15, -0.1) is 0 Å². The van der Waals surface area contributed by atoms with E-state index >= 15 is 0 Å². The summed E-state index contributed by atoms with van der Waals surface area (Å²) in [5.74, 6) is 0. The van der Waals surface area contributed by atoms with Gasteiger partial charge in [-0.1, -0.05) is 6.07 Å². The van der Waals surface area contributed by atoms with E-state index in [1.165, 1.54) is 5.56 Å². The first kappa shape index (κ1) is 10.1. The summed E-state index contributed by atoms with van der Waals surface area (Å²) >= 11 is 0. The van der Waals surface area contributed by atoms with Crippen LogP contribution in [0.4, 0.5) is 0 Å². The fourth-order valence-electron chi connectivity index (χ4n) is 1.56. The lowest BCUT2D eigenvalue weighted by Crippen LogP contribution is -2.00. The van der Waals surface area contributed by atoms with Gasteiger partial charge < -0.3 is 5.73 Å². The predicted molar refractivity (Wildman–Crippen MR) is 61.4 cm³/mol. The second kappa shape index (κ2) is 4.36. The van der Waals surface area contributed by atoms with E-state index < -0.39 is 0 Å². The molecule has 0 saturated carbocycles. The Bertz CT molecular complexity index is 465. The van der Waals surface area contributed by atoms with Crippen molar-refractivity contribution in [3.63, 3.8) is 0 Å². The van der Waals surface area contributed by atoms with Gasteiger partial charge in [0.25, 0.3) is 0 Å². The van der Waals surface area contributed by atoms with Gasteiger partial charge in [0.2, 0.25) is 0 Å². The standard InChI is InChI=1S/C12H14N3/c1-9-8-14-11-5-4-10(3-2-6-13)7-12(11)15-9/h4-5,7-8H,1-3,6,13H2. The lowest BCUT2D eigenvalue weighted by Gasteiger charge is -2.02. The molecule has 0 aliphatic heterocycles. The average molecular weight is 200 g/mol. The number of hydrogen-bond donors (Lipinski definition) is 1. The minimum Gasteiger partial charge on any atom is -0.330 e. The first-order chi connectivity index (χ1) is 7.29. The molecule has 0 bridgehead atoms. The first-order valence-corrected chi connectivity index (χ1v) is 5.07. The van der Waals surface area contributed by atoms with Crippen molar-refractivity contribution in [1.82, 2.24) is 9.97 Å². The summed E-state index contributed by atoms with van der Waals surface area (Å²) in [6, 6.07) is 6.13. The van der Waals surface area contributed by atoms with Crippen molar-refractivity contribution in [1.29, 1.82) is 0 Å². The molecule has 2 aromatic rings. The molecule has 1 aromatic heterocycles. The molecule has 1 aromatic carbocycles. The van der Waals surface area contributed by atoms with E-state index in [2.05, 4.69) is 29.0 Å². The monoisotopic (exact) mass is 200 g/mol. The molecule has 0 amide bonds. The van der Waals surface area contributed by atoms with Crippen molar-refractivity contribution >= 4 is 11.0 Å². The molecule has 3 heteroatoms. The molecule has 1 heterocycles. The molecular weight excluding hydrogens is 186 g/mol. The maximum absolute atomic E-state index is 5.48. The molecule has 0 saturated heterocycles. The Labute approximate surface area is 89.4 Å². The van der Waals surface area contributed by atoms with E-state index in [1.807, 2.05) is 6.07 Å². The van der Waals surface area contributed by atoms with Crippen LogP contribution < -0.4 is 5.73 Å². The summed E-state index contributed by atoms with van der Waals surface area (Å²) < 4.78 is 0. The summed E-state index contributed by atoms with van der Waals surface area (Å²) in [5.41, 5.74) is 9.27. The topological polar surface area (TPSA) is 51.8 Å². The van der Waals surface area contributed by atoms with Gasteiger partial charge in [-0.3, -0.25) is 4.98 Å². The second-order valence-corrected chi connectivity index (χ2v) is 3.58. The maximum Gasteiger partial charge on any atom is 0.0892 e. The van der Waals surface area contributed by atoms with Crippen LogP contribution in [0, 0.1) is 6.92 Å². The molecule has 0 atom stereocenters. The molecule has 0 fully saturated rings. The van der Waals surface area contributed by atoms with E-state index in [9.17, 15) is 0 Å². The zero-order valence-electron chi connectivity index (χ0n) is 8.61. The van der Waals surface area contributed by atoms with Crippen LogP contribution in [-0.2, 0) is 6.42 Å². The highest BCUT2D eigenvalue weighted by molar-refractivity contribution is 5.74. The quantitative estimate of drug-likeness (QED) is 0.820. The Kier molecular flexibility index (Phi) is 2.92. The SMILES string of the molecule is [CH2]c1cnc2ccc(CCCN)cc2n1. The molecule has 0 unspecified atom stereocenters. The van der Waals surface area contributed by atoms with Gasteiger partial charge in [0, 0.05) is 6.20 Å². The Balaban J connectivity index is 2.36. The predicted octanol–water partition coefficient (Wildman–Crippen LogP) is 1.70. The highest BCUT2D eigenvalue weighted by atomic mass is 14.8. The molecular formula is C12H14N3. The normalized spacial score (nSPS) is 10.8. The van der Waals surface area contributed by atoms with Gasteiger partial charge in [0.05, 0.1) is 16.7 Å². The van der Waals surface area contributed by atoms with Gasteiger partial charge in [-0.25, -0.2) is 4.98 Å². The van der Waals surface area contributed by atoms with Crippen molar-refractivity contribution in [3.8, 4) is 0 Å². The fourth-order valence-corrected chi connectivity index (χ4v) is 1.56. The molecule has 0 aliphatic rings. The van der Waals surface area contributed by atoms with E-state index in [0.717, 1.165) is 30.4 Å². The number of rotatable bonds is 3. The molecule has 15 heavy (non-hydrogen) atoms. The molecule has 2 rings (SSSR count). The highest BCUT2D eigenvalue weighted by Crippen LogP contribution is 2.13. The Morgan fingerprint density at radius 3 is 2.93 bits per heavy atom. The minimum absolute atomic E-state index is 0.707. The van der Waals surface area contributed by atoms with E-state index in [1.54, 1.807) is 6.20 Å². The third-order valence-electron chi connectivity index (χ3n) is 2.33. The van der Waals surface area contributed by atoms with Gasteiger partial charge in [-0.05, 0) is 44.0 Å². The molecule has 0 spiro atoms. The van der Waals surface area contributed by atoms with Gasteiger partial charge in [-0.2, -0.15) is 0 Å². The van der Waals surface area contributed by atoms with Crippen molar-refractivity contribution < 1.29 is 0 Å². The fraction of sp³-hybridized carbons (Fsp3) is 0.250. The van der Waals surface area contributed by atoms with Crippen LogP contribution in [0.5, 0.6) is 0 Å². The number of aromatic nitrogens is 2. The lowest BCUT2D eigenvalue weighted by atomic mass is 10.1. The minimum atomic E-state index is 0.707. The summed E-state index contributed by atoms with van der Waals surface area (Å²) in [6.07, 6.45) is 3.68. The average Bonchev–Trinajstić information content (AvgIpc) is 2.25. The molecule has 3 nitrogen and oxygen atoms in total. The summed E-state index contributed by atoms with van der Waals surface area (Å²) in [5, 5.41) is 0. The summed E-state index contributed by atoms with van der Waals surface area (Å²) in [7, 11) is 0. The van der Waals surface area contributed by atoms with Crippen molar-refractivity contribution in [3.05, 3.63) is 42.6 Å². The third-order valence-corrected chi connectivity index (χ3v) is 2.33. The molecule has 2 N–H and O–H groups in total. The molecule has 77 valence electrons. The van der Waals surface area contributed by atoms with Crippen LogP contribution >= 0.6 is 0 Å². The largest absolute Gasteiger partial charge is 0.330 e. The number of benzene rings is 1. The van der Waals surface area contributed by atoms with Crippen molar-refractivity contribution in [2.45, 2.75) is 12.8 Å². The number of nitrogens with two attached hydrogens (primary N) is 1. The number of aryl methyl sites for hydroxylation is 1. The molecule has 0 aliphatic carbocycles. The lowest BCUT2D eigenvalue weighted by molar-refractivity contribution is 0.833. The van der Waals surface area contributed by atoms with Crippen LogP contribution in [0.1, 0.15) is 17.7 Å². The Morgan fingerprint density at radius 2 is 2.13 bits per heavy atom. The van der Waals surface area contributed by atoms with Crippen LogP contribution in [0.25, 0.3) is 11.0 Å². The van der Waals surface area contributed by atoms with Gasteiger partial charge >= 0.3 is 0 Å². The summed E-state index contributed by atoms with van der Waals surface area (Å²) in [6.45, 7) is 4.49. The number of hydrogen-bond acceptors (Lipinski definition) is 3. The van der Waals surface area contributed by atoms with Crippen LogP contribution in [0.15, 0.2) is 24.4 Å². The number of nitrogens with zero attached hydrogens (tertiary/aromatic N) is 2. The first-order valence-electron chi connectivity index (χ1n) is 5.07. The summed E-state index contributed by atoms with van der Waals surface area (Å²) in [4.78, 5) is 8.59. The van der Waals surface area contributed by atoms with Gasteiger partial charge in [0.1, 0.15) is 0 Å². The van der Waals surface area contributed by atoms with Gasteiger partial charge in [0.15, 0.2) is 0 Å². The van der Waals surface area contributed by atoms with Crippen LogP contribution in [-0.4, -0.2) is 16.5 Å². The zero-order chi connectivity index (χ0) is 10.7. The Hall–Kier alpha value is -1.48. The van der Waals surface area contributed by atoms with E-state index in [-0.39, 0.29) is 0 Å². The smallest absolute Gasteiger partial charge is 0.0892 e. The van der Waals surface area contributed by atoms with Crippen molar-refractivity contribution in [2.75, 3.05) is 6.54 Å². The highest BCUT2D eigenvalue weighted by Gasteiger charge is 1.99. The van der Waals surface area contributed by atoms with E-state index in [4.69, 9.17) is 5.73 Å². The van der Waals surface area contributed by atoms with E-state index in [0.29, 0.717) is 5.69 Å². The van der Waals surface area contributed by atoms with Crippen LogP contribution in [0.2, 0.25) is 0 Å². The van der Waals surface area contributed by atoms with Crippen LogP contribution in [0.3, 0.4) is 0 Å².